The molecule has 0 aliphatic heterocycles. The van der Waals surface area contributed by atoms with E-state index in [0.29, 0.717) is 0 Å². The standard InChI is InChI=1S/C12H9ClINS/c13-11-7-8(14)1-6-12(11)16-10-4-2-9(15)3-5-10/h1-7H,15H2. The van der Waals surface area contributed by atoms with E-state index in [1.807, 2.05) is 42.5 Å². The molecule has 2 N–H and O–H groups in total. The first-order chi connectivity index (χ1) is 7.65. The molecule has 1 nitrogen and oxygen atoms in total. The molecule has 0 saturated carbocycles. The lowest BCUT2D eigenvalue weighted by Gasteiger charge is -2.04. The van der Waals surface area contributed by atoms with Gasteiger partial charge in [0.05, 0.1) is 5.02 Å². The number of nitrogen functional groups attached to an aromatic ring is 1. The molecule has 16 heavy (non-hydrogen) atoms. The molecule has 4 heteroatoms. The number of hydrogen-bond acceptors (Lipinski definition) is 2. The van der Waals surface area contributed by atoms with Gasteiger partial charge in [-0.05, 0) is 65.1 Å². The van der Waals surface area contributed by atoms with Gasteiger partial charge in [0.2, 0.25) is 0 Å². The van der Waals surface area contributed by atoms with Gasteiger partial charge in [0.15, 0.2) is 0 Å². The van der Waals surface area contributed by atoms with Gasteiger partial charge in [0, 0.05) is 19.0 Å². The lowest BCUT2D eigenvalue weighted by molar-refractivity contribution is 1.40. The Morgan fingerprint density at radius 3 is 2.38 bits per heavy atom. The summed E-state index contributed by atoms with van der Waals surface area (Å²) in [6.07, 6.45) is 0. The van der Waals surface area contributed by atoms with Crippen LogP contribution in [0.1, 0.15) is 0 Å². The molecule has 0 saturated heterocycles. The van der Waals surface area contributed by atoms with E-state index < -0.39 is 0 Å². The van der Waals surface area contributed by atoms with Crippen molar-refractivity contribution in [2.45, 2.75) is 9.79 Å². The molecule has 0 spiro atoms. The summed E-state index contributed by atoms with van der Waals surface area (Å²) < 4.78 is 1.14. The summed E-state index contributed by atoms with van der Waals surface area (Å²) in [5, 5.41) is 0.786. The molecule has 0 fully saturated rings. The second-order valence-electron chi connectivity index (χ2n) is 3.25. The molecule has 0 aromatic heterocycles. The third kappa shape index (κ3) is 3.06. The molecule has 0 bridgehead atoms. The highest BCUT2D eigenvalue weighted by atomic mass is 127. The Hall–Kier alpha value is -0.390. The smallest absolute Gasteiger partial charge is 0.0555 e. The monoisotopic (exact) mass is 361 g/mol. The molecular weight excluding hydrogens is 353 g/mol. The summed E-state index contributed by atoms with van der Waals surface area (Å²) in [7, 11) is 0. The van der Waals surface area contributed by atoms with Crippen LogP contribution in [-0.4, -0.2) is 0 Å². The highest BCUT2D eigenvalue weighted by Gasteiger charge is 2.03. The normalized spacial score (nSPS) is 10.4. The third-order valence-electron chi connectivity index (χ3n) is 2.00. The number of nitrogens with two attached hydrogens (primary N) is 1. The molecule has 0 heterocycles. The predicted molar refractivity (Wildman–Crippen MR) is 79.1 cm³/mol. The number of hydrogen-bond donors (Lipinski definition) is 1. The van der Waals surface area contributed by atoms with Crippen molar-refractivity contribution in [3.63, 3.8) is 0 Å². The van der Waals surface area contributed by atoms with Crippen molar-refractivity contribution >= 4 is 51.6 Å². The molecule has 82 valence electrons. The molecular formula is C12H9ClINS. The molecule has 0 amide bonds. The van der Waals surface area contributed by atoms with Crippen LogP contribution in [0.2, 0.25) is 5.02 Å². The topological polar surface area (TPSA) is 26.0 Å². The van der Waals surface area contributed by atoms with Crippen molar-refractivity contribution in [1.29, 1.82) is 0 Å². The largest absolute Gasteiger partial charge is 0.399 e. The molecule has 2 aromatic rings. The van der Waals surface area contributed by atoms with Crippen LogP contribution in [0.15, 0.2) is 52.3 Å². The zero-order chi connectivity index (χ0) is 11.5. The average molecular weight is 362 g/mol. The first-order valence-corrected chi connectivity index (χ1v) is 6.91. The van der Waals surface area contributed by atoms with Gasteiger partial charge in [-0.15, -0.1) is 0 Å². The zero-order valence-corrected chi connectivity index (χ0v) is 12.0. The van der Waals surface area contributed by atoms with Crippen molar-refractivity contribution in [3.8, 4) is 0 Å². The molecule has 2 aromatic carbocycles. The van der Waals surface area contributed by atoms with E-state index in [4.69, 9.17) is 17.3 Å². The first-order valence-electron chi connectivity index (χ1n) is 4.63. The van der Waals surface area contributed by atoms with Crippen LogP contribution >= 0.6 is 46.0 Å². The Balaban J connectivity index is 2.23. The fraction of sp³-hybridized carbons (Fsp3) is 0. The van der Waals surface area contributed by atoms with E-state index >= 15 is 0 Å². The highest BCUT2D eigenvalue weighted by molar-refractivity contribution is 14.1. The van der Waals surface area contributed by atoms with E-state index in [0.717, 1.165) is 24.1 Å². The van der Waals surface area contributed by atoms with Crippen molar-refractivity contribution in [1.82, 2.24) is 0 Å². The van der Waals surface area contributed by atoms with E-state index in [-0.39, 0.29) is 0 Å². The third-order valence-corrected chi connectivity index (χ3v) is 4.18. The Bertz CT molecular complexity index is 499. The highest BCUT2D eigenvalue weighted by Crippen LogP contribution is 2.34. The maximum atomic E-state index is 6.16. The van der Waals surface area contributed by atoms with Gasteiger partial charge >= 0.3 is 0 Å². The summed E-state index contributed by atoms with van der Waals surface area (Å²) in [4.78, 5) is 2.20. The maximum absolute atomic E-state index is 6.16. The van der Waals surface area contributed by atoms with Gasteiger partial charge in [0.25, 0.3) is 0 Å². The van der Waals surface area contributed by atoms with Gasteiger partial charge in [-0.1, -0.05) is 23.4 Å². The van der Waals surface area contributed by atoms with Crippen LogP contribution < -0.4 is 5.73 Å². The molecule has 0 atom stereocenters. The van der Waals surface area contributed by atoms with Crippen LogP contribution in [0, 0.1) is 3.57 Å². The second-order valence-corrected chi connectivity index (χ2v) is 6.01. The van der Waals surface area contributed by atoms with Gasteiger partial charge in [0.1, 0.15) is 0 Å². The average Bonchev–Trinajstić information content (AvgIpc) is 2.25. The van der Waals surface area contributed by atoms with Crippen molar-refractivity contribution < 1.29 is 0 Å². The van der Waals surface area contributed by atoms with E-state index in [1.54, 1.807) is 11.8 Å². The van der Waals surface area contributed by atoms with Crippen molar-refractivity contribution in [2.75, 3.05) is 5.73 Å². The quantitative estimate of drug-likeness (QED) is 0.621. The number of benzene rings is 2. The van der Waals surface area contributed by atoms with Gasteiger partial charge in [-0.2, -0.15) is 0 Å². The first kappa shape index (κ1) is 12.1. The zero-order valence-electron chi connectivity index (χ0n) is 8.28. The van der Waals surface area contributed by atoms with Crippen LogP contribution in [0.5, 0.6) is 0 Å². The van der Waals surface area contributed by atoms with Crippen LogP contribution in [0.4, 0.5) is 5.69 Å². The molecule has 0 radical (unpaired) electrons. The fourth-order valence-electron chi connectivity index (χ4n) is 1.22. The second kappa shape index (κ2) is 5.29. The van der Waals surface area contributed by atoms with Crippen molar-refractivity contribution in [2.24, 2.45) is 0 Å². The minimum Gasteiger partial charge on any atom is -0.399 e. The van der Waals surface area contributed by atoms with Gasteiger partial charge < -0.3 is 5.73 Å². The van der Waals surface area contributed by atoms with E-state index in [9.17, 15) is 0 Å². The molecule has 0 aliphatic rings. The number of rotatable bonds is 2. The minimum atomic E-state index is 0.776. The Labute approximate surface area is 118 Å². The summed E-state index contributed by atoms with van der Waals surface area (Å²) in [6, 6.07) is 13.8. The van der Waals surface area contributed by atoms with Gasteiger partial charge in [-0.25, -0.2) is 0 Å². The van der Waals surface area contributed by atoms with Crippen LogP contribution in [0.3, 0.4) is 0 Å². The molecule has 0 aliphatic carbocycles. The summed E-state index contributed by atoms with van der Waals surface area (Å²) in [6.45, 7) is 0. The summed E-state index contributed by atoms with van der Waals surface area (Å²) in [5.74, 6) is 0. The van der Waals surface area contributed by atoms with Gasteiger partial charge in [-0.3, -0.25) is 0 Å². The fourth-order valence-corrected chi connectivity index (χ4v) is 3.01. The predicted octanol–water partition coefficient (Wildman–Crippen LogP) is 4.68. The molecule has 0 unspecified atom stereocenters. The number of halogens is 2. The lowest BCUT2D eigenvalue weighted by Crippen LogP contribution is -1.83. The Morgan fingerprint density at radius 1 is 1.06 bits per heavy atom. The summed E-state index contributed by atoms with van der Waals surface area (Å²) in [5.41, 5.74) is 6.41. The van der Waals surface area contributed by atoms with E-state index in [1.165, 1.54) is 0 Å². The summed E-state index contributed by atoms with van der Waals surface area (Å²) >= 11 is 10.0. The minimum absolute atomic E-state index is 0.776. The van der Waals surface area contributed by atoms with Crippen LogP contribution in [0.25, 0.3) is 0 Å². The maximum Gasteiger partial charge on any atom is 0.0555 e. The number of anilines is 1. The van der Waals surface area contributed by atoms with Crippen LogP contribution in [-0.2, 0) is 0 Å². The Morgan fingerprint density at radius 2 is 1.75 bits per heavy atom. The lowest BCUT2D eigenvalue weighted by atomic mass is 10.3. The van der Waals surface area contributed by atoms with Crippen molar-refractivity contribution in [3.05, 3.63) is 51.1 Å². The Kier molecular flexibility index (Phi) is 4.00. The SMILES string of the molecule is Nc1ccc(Sc2ccc(I)cc2Cl)cc1. The molecule has 2 rings (SSSR count). The van der Waals surface area contributed by atoms with E-state index in [2.05, 4.69) is 22.6 Å².